The Kier molecular flexibility index (Phi) is 3.01. The van der Waals surface area contributed by atoms with Crippen molar-refractivity contribution >= 4 is 5.95 Å². The van der Waals surface area contributed by atoms with E-state index in [0.717, 1.165) is 11.5 Å². The lowest BCUT2D eigenvalue weighted by Crippen LogP contribution is -2.09. The Morgan fingerprint density at radius 2 is 2.29 bits per heavy atom. The minimum absolute atomic E-state index is 0.361. The van der Waals surface area contributed by atoms with Crippen molar-refractivity contribution in [2.75, 3.05) is 5.32 Å². The lowest BCUT2D eigenvalue weighted by atomic mass is 10.3. The van der Waals surface area contributed by atoms with Crippen molar-refractivity contribution < 1.29 is 0 Å². The van der Waals surface area contributed by atoms with Gasteiger partial charge in [-0.3, -0.25) is 0 Å². The first kappa shape index (κ1) is 11.1. The monoisotopic (exact) mass is 228 g/mol. The fourth-order valence-corrected chi connectivity index (χ4v) is 1.43. The molecule has 0 unspecified atom stereocenters. The average Bonchev–Trinajstić information content (AvgIpc) is 2.71. The molecule has 0 aliphatic rings. The normalized spacial score (nSPS) is 9.94. The molecule has 0 aliphatic carbocycles. The molecule has 0 saturated heterocycles. The Bertz CT molecular complexity index is 566. The van der Waals surface area contributed by atoms with Gasteiger partial charge in [0.25, 0.3) is 0 Å². The van der Waals surface area contributed by atoms with E-state index >= 15 is 0 Å². The Labute approximate surface area is 99.0 Å². The molecule has 86 valence electrons. The van der Waals surface area contributed by atoms with E-state index in [1.165, 1.54) is 0 Å². The summed E-state index contributed by atoms with van der Waals surface area (Å²) < 4.78 is 1.91. The standard InChI is InChI=1S/C11H12N6/c1-8-5-9(6-12)16-11(15-8)14-7-10-13-3-4-17(10)2/h3-5H,7H2,1-2H3,(H,14,15,16). The predicted molar refractivity (Wildman–Crippen MR) is 62.0 cm³/mol. The summed E-state index contributed by atoms with van der Waals surface area (Å²) in [6.07, 6.45) is 3.60. The molecule has 0 bridgehead atoms. The number of aryl methyl sites for hydroxylation is 2. The second-order valence-electron chi connectivity index (χ2n) is 3.64. The van der Waals surface area contributed by atoms with Crippen LogP contribution in [0.25, 0.3) is 0 Å². The molecule has 0 spiro atoms. The van der Waals surface area contributed by atoms with Crippen LogP contribution < -0.4 is 5.32 Å². The van der Waals surface area contributed by atoms with Crippen LogP contribution in [0.15, 0.2) is 18.5 Å². The molecule has 0 aromatic carbocycles. The molecule has 2 rings (SSSR count). The number of nitriles is 1. The fourth-order valence-electron chi connectivity index (χ4n) is 1.43. The lowest BCUT2D eigenvalue weighted by molar-refractivity contribution is 0.807. The van der Waals surface area contributed by atoms with Crippen LogP contribution in [-0.4, -0.2) is 19.5 Å². The van der Waals surface area contributed by atoms with Gasteiger partial charge in [-0.1, -0.05) is 0 Å². The Morgan fingerprint density at radius 3 is 2.94 bits per heavy atom. The van der Waals surface area contributed by atoms with Gasteiger partial charge in [0, 0.05) is 25.1 Å². The van der Waals surface area contributed by atoms with E-state index in [1.807, 2.05) is 30.8 Å². The maximum Gasteiger partial charge on any atom is 0.224 e. The van der Waals surface area contributed by atoms with Crippen LogP contribution in [0.2, 0.25) is 0 Å². The van der Waals surface area contributed by atoms with Gasteiger partial charge in [-0.05, 0) is 13.0 Å². The molecule has 0 aliphatic heterocycles. The lowest BCUT2D eigenvalue weighted by Gasteiger charge is -2.05. The second-order valence-corrected chi connectivity index (χ2v) is 3.64. The maximum absolute atomic E-state index is 8.80. The smallest absolute Gasteiger partial charge is 0.224 e. The first-order valence-corrected chi connectivity index (χ1v) is 5.15. The van der Waals surface area contributed by atoms with Crippen LogP contribution >= 0.6 is 0 Å². The number of hydrogen-bond acceptors (Lipinski definition) is 5. The number of rotatable bonds is 3. The summed E-state index contributed by atoms with van der Waals surface area (Å²) in [5, 5.41) is 11.8. The third-order valence-electron chi connectivity index (χ3n) is 2.29. The molecule has 0 radical (unpaired) electrons. The van der Waals surface area contributed by atoms with E-state index in [2.05, 4.69) is 20.3 Å². The second kappa shape index (κ2) is 4.61. The van der Waals surface area contributed by atoms with Crippen molar-refractivity contribution in [3.8, 4) is 6.07 Å². The minimum atomic E-state index is 0.361. The van der Waals surface area contributed by atoms with Crippen LogP contribution in [0.1, 0.15) is 17.2 Å². The van der Waals surface area contributed by atoms with Gasteiger partial charge in [0.15, 0.2) is 0 Å². The Hall–Kier alpha value is -2.42. The molecule has 0 saturated carbocycles. The van der Waals surface area contributed by atoms with Gasteiger partial charge in [0.2, 0.25) is 5.95 Å². The van der Waals surface area contributed by atoms with Crippen molar-refractivity contribution in [3.05, 3.63) is 35.7 Å². The molecule has 0 fully saturated rings. The molecule has 1 N–H and O–H groups in total. The molecule has 2 heterocycles. The van der Waals surface area contributed by atoms with Crippen molar-refractivity contribution in [3.63, 3.8) is 0 Å². The number of imidazole rings is 1. The largest absolute Gasteiger partial charge is 0.347 e. The Balaban J connectivity index is 2.12. The van der Waals surface area contributed by atoms with Crippen molar-refractivity contribution in [1.82, 2.24) is 19.5 Å². The maximum atomic E-state index is 8.80. The van der Waals surface area contributed by atoms with E-state index in [9.17, 15) is 0 Å². The van der Waals surface area contributed by atoms with Crippen LogP contribution in [0.5, 0.6) is 0 Å². The first-order chi connectivity index (χ1) is 8.19. The molecule has 6 heteroatoms. The van der Waals surface area contributed by atoms with Crippen LogP contribution in [0, 0.1) is 18.3 Å². The molecule has 0 amide bonds. The number of aromatic nitrogens is 4. The van der Waals surface area contributed by atoms with Crippen LogP contribution in [0.3, 0.4) is 0 Å². The predicted octanol–water partition coefficient (Wildman–Crippen LogP) is 1.00. The van der Waals surface area contributed by atoms with E-state index in [-0.39, 0.29) is 0 Å². The van der Waals surface area contributed by atoms with Crippen molar-refractivity contribution in [2.45, 2.75) is 13.5 Å². The molecular weight excluding hydrogens is 216 g/mol. The van der Waals surface area contributed by atoms with Gasteiger partial charge >= 0.3 is 0 Å². The van der Waals surface area contributed by atoms with E-state index < -0.39 is 0 Å². The Morgan fingerprint density at radius 1 is 1.47 bits per heavy atom. The highest BCUT2D eigenvalue weighted by atomic mass is 15.1. The third kappa shape index (κ3) is 2.58. The van der Waals surface area contributed by atoms with Gasteiger partial charge in [-0.25, -0.2) is 15.0 Å². The number of nitrogens with one attached hydrogen (secondary N) is 1. The molecule has 2 aromatic heterocycles. The van der Waals surface area contributed by atoms with Crippen LogP contribution in [-0.2, 0) is 13.6 Å². The number of nitrogens with zero attached hydrogens (tertiary/aromatic N) is 5. The average molecular weight is 228 g/mol. The third-order valence-corrected chi connectivity index (χ3v) is 2.29. The molecule has 17 heavy (non-hydrogen) atoms. The fraction of sp³-hybridized carbons (Fsp3) is 0.273. The van der Waals surface area contributed by atoms with E-state index in [4.69, 9.17) is 5.26 Å². The first-order valence-electron chi connectivity index (χ1n) is 5.15. The van der Waals surface area contributed by atoms with Gasteiger partial charge in [-0.15, -0.1) is 0 Å². The van der Waals surface area contributed by atoms with E-state index in [1.54, 1.807) is 12.3 Å². The summed E-state index contributed by atoms with van der Waals surface area (Å²) in [5.41, 5.74) is 1.12. The minimum Gasteiger partial charge on any atom is -0.347 e. The highest BCUT2D eigenvalue weighted by molar-refractivity contribution is 5.33. The molecule has 2 aromatic rings. The zero-order valence-corrected chi connectivity index (χ0v) is 9.68. The van der Waals surface area contributed by atoms with Crippen molar-refractivity contribution in [2.24, 2.45) is 7.05 Å². The summed E-state index contributed by atoms with van der Waals surface area (Å²) in [5.74, 6) is 1.33. The van der Waals surface area contributed by atoms with Gasteiger partial charge < -0.3 is 9.88 Å². The summed E-state index contributed by atoms with van der Waals surface area (Å²) in [4.78, 5) is 12.4. The number of hydrogen-bond donors (Lipinski definition) is 1. The van der Waals surface area contributed by atoms with Gasteiger partial charge in [0.05, 0.1) is 6.54 Å². The zero-order chi connectivity index (χ0) is 12.3. The van der Waals surface area contributed by atoms with Crippen LogP contribution in [0.4, 0.5) is 5.95 Å². The molecule has 6 nitrogen and oxygen atoms in total. The summed E-state index contributed by atoms with van der Waals surface area (Å²) in [6.45, 7) is 2.35. The SMILES string of the molecule is Cc1cc(C#N)nc(NCc2nccn2C)n1. The molecular formula is C11H12N6. The zero-order valence-electron chi connectivity index (χ0n) is 9.68. The van der Waals surface area contributed by atoms with Gasteiger partial charge in [0.1, 0.15) is 17.6 Å². The summed E-state index contributed by atoms with van der Waals surface area (Å²) in [7, 11) is 1.92. The summed E-state index contributed by atoms with van der Waals surface area (Å²) in [6, 6.07) is 3.65. The highest BCUT2D eigenvalue weighted by Crippen LogP contribution is 2.05. The molecule has 0 atom stereocenters. The van der Waals surface area contributed by atoms with Gasteiger partial charge in [-0.2, -0.15) is 5.26 Å². The topological polar surface area (TPSA) is 79.4 Å². The number of anilines is 1. The quantitative estimate of drug-likeness (QED) is 0.847. The van der Waals surface area contributed by atoms with E-state index in [0.29, 0.717) is 18.2 Å². The van der Waals surface area contributed by atoms with Crippen molar-refractivity contribution in [1.29, 1.82) is 5.26 Å². The summed E-state index contributed by atoms with van der Waals surface area (Å²) >= 11 is 0. The highest BCUT2D eigenvalue weighted by Gasteiger charge is 2.03.